The van der Waals surface area contributed by atoms with Gasteiger partial charge in [-0.15, -0.1) is 0 Å². The zero-order valence-electron chi connectivity index (χ0n) is 15.8. The van der Waals surface area contributed by atoms with Crippen molar-refractivity contribution in [1.82, 2.24) is 0 Å². The quantitative estimate of drug-likeness (QED) is 0.357. The zero-order valence-corrected chi connectivity index (χ0v) is 16.6. The molecule has 4 nitrogen and oxygen atoms in total. The lowest BCUT2D eigenvalue weighted by Crippen LogP contribution is -2.22. The summed E-state index contributed by atoms with van der Waals surface area (Å²) in [6.07, 6.45) is 1.18. The first-order valence-electron chi connectivity index (χ1n) is 9.95. The number of halogens is 3. The van der Waals surface area contributed by atoms with Gasteiger partial charge in [-0.25, -0.2) is 0 Å². The number of alkyl halides is 3. The van der Waals surface area contributed by atoms with Gasteiger partial charge >= 0.3 is 12.1 Å². The van der Waals surface area contributed by atoms with Gasteiger partial charge in [0, 0.05) is 23.8 Å². The largest absolute Gasteiger partial charge is 0.481 e. The van der Waals surface area contributed by atoms with Gasteiger partial charge in [0.25, 0.3) is 0 Å². The highest BCUT2D eigenvalue weighted by Gasteiger charge is 2.34. The van der Waals surface area contributed by atoms with E-state index in [1.165, 1.54) is 0 Å². The summed E-state index contributed by atoms with van der Waals surface area (Å²) in [5.41, 5.74) is 0. The average molecular weight is 415 g/mol. The molecular weight excluding hydrogens is 381 g/mol. The first-order valence-corrected chi connectivity index (χ1v) is 11.0. The Bertz CT molecular complexity index is 420. The van der Waals surface area contributed by atoms with Crippen molar-refractivity contribution in [3.63, 3.8) is 0 Å². The molecule has 0 aromatic heterocycles. The summed E-state index contributed by atoms with van der Waals surface area (Å²) in [5, 5.41) is 29.1. The van der Waals surface area contributed by atoms with Crippen LogP contribution in [-0.4, -0.2) is 50.7 Å². The van der Waals surface area contributed by atoms with E-state index in [0.29, 0.717) is 25.0 Å². The molecule has 27 heavy (non-hydrogen) atoms. The van der Waals surface area contributed by atoms with E-state index in [0.717, 1.165) is 38.5 Å². The first-order chi connectivity index (χ1) is 12.7. The molecule has 4 unspecified atom stereocenters. The Morgan fingerprint density at radius 3 is 2.44 bits per heavy atom. The van der Waals surface area contributed by atoms with Crippen molar-refractivity contribution in [2.75, 3.05) is 5.75 Å². The molecule has 1 aliphatic rings. The summed E-state index contributed by atoms with van der Waals surface area (Å²) in [6, 6.07) is 0. The van der Waals surface area contributed by atoms with Crippen molar-refractivity contribution in [3.05, 3.63) is 0 Å². The van der Waals surface area contributed by atoms with Gasteiger partial charge in [0.2, 0.25) is 0 Å². The summed E-state index contributed by atoms with van der Waals surface area (Å²) in [6.45, 7) is 0. The molecule has 1 fully saturated rings. The molecule has 0 aliphatic heterocycles. The Morgan fingerprint density at radius 2 is 1.78 bits per heavy atom. The molecule has 0 aromatic carbocycles. The number of hydrogen-bond donors (Lipinski definition) is 3. The van der Waals surface area contributed by atoms with E-state index in [1.807, 2.05) is 0 Å². The van der Waals surface area contributed by atoms with Crippen LogP contribution in [0.25, 0.3) is 0 Å². The van der Waals surface area contributed by atoms with E-state index in [2.05, 4.69) is 0 Å². The Hall–Kier alpha value is -0.470. The lowest BCUT2D eigenvalue weighted by Gasteiger charge is -2.23. The molecule has 0 radical (unpaired) electrons. The first kappa shape index (κ1) is 24.6. The maximum Gasteiger partial charge on any atom is 0.389 e. The van der Waals surface area contributed by atoms with Gasteiger partial charge in [0.1, 0.15) is 0 Å². The molecule has 1 saturated carbocycles. The van der Waals surface area contributed by atoms with E-state index in [9.17, 15) is 28.2 Å². The van der Waals surface area contributed by atoms with Gasteiger partial charge in [-0.2, -0.15) is 24.9 Å². The van der Waals surface area contributed by atoms with Crippen LogP contribution in [0.1, 0.15) is 77.0 Å². The highest BCUT2D eigenvalue weighted by atomic mass is 32.2. The second kappa shape index (κ2) is 12.9. The number of aliphatic carboxylic acids is 1. The van der Waals surface area contributed by atoms with Crippen molar-refractivity contribution >= 4 is 17.7 Å². The molecular formula is C19H33F3O4S. The van der Waals surface area contributed by atoms with Crippen molar-refractivity contribution in [1.29, 1.82) is 0 Å². The molecule has 3 N–H and O–H groups in total. The number of carboxylic acid groups (broad SMARTS) is 1. The number of carbonyl (C=O) groups is 1. The number of carboxylic acids is 1. The second-order valence-electron chi connectivity index (χ2n) is 7.54. The van der Waals surface area contributed by atoms with Crippen LogP contribution in [0.15, 0.2) is 0 Å². The van der Waals surface area contributed by atoms with Gasteiger partial charge in [0.15, 0.2) is 0 Å². The summed E-state index contributed by atoms with van der Waals surface area (Å²) < 4.78 is 36.3. The molecule has 8 heteroatoms. The fourth-order valence-corrected chi connectivity index (χ4v) is 5.13. The number of hydrogen-bond acceptors (Lipinski definition) is 4. The van der Waals surface area contributed by atoms with Crippen molar-refractivity contribution in [2.24, 2.45) is 5.92 Å². The molecule has 0 aromatic rings. The van der Waals surface area contributed by atoms with Gasteiger partial charge < -0.3 is 15.3 Å². The maximum absolute atomic E-state index is 12.1. The minimum Gasteiger partial charge on any atom is -0.481 e. The fourth-order valence-electron chi connectivity index (χ4n) is 3.63. The van der Waals surface area contributed by atoms with Crippen LogP contribution in [0.3, 0.4) is 0 Å². The Balaban J connectivity index is 2.17. The summed E-state index contributed by atoms with van der Waals surface area (Å²) >= 11 is 1.63. The zero-order chi connectivity index (χ0) is 20.3. The SMILES string of the molecule is O=C(O)CCCCCCC1C(O)CCC1SCC(O)CCCCC(F)(F)F. The van der Waals surface area contributed by atoms with Crippen molar-refractivity contribution in [3.8, 4) is 0 Å². The van der Waals surface area contributed by atoms with Crippen LogP contribution in [0.4, 0.5) is 13.2 Å². The molecule has 0 spiro atoms. The van der Waals surface area contributed by atoms with E-state index < -0.39 is 24.7 Å². The van der Waals surface area contributed by atoms with Crippen LogP contribution in [0.5, 0.6) is 0 Å². The van der Waals surface area contributed by atoms with Gasteiger partial charge in [-0.3, -0.25) is 4.79 Å². The lowest BCUT2D eigenvalue weighted by molar-refractivity contribution is -0.137. The third-order valence-corrected chi connectivity index (χ3v) is 6.74. The Labute approximate surface area is 163 Å². The van der Waals surface area contributed by atoms with Crippen LogP contribution < -0.4 is 0 Å². The van der Waals surface area contributed by atoms with Crippen LogP contribution in [-0.2, 0) is 4.79 Å². The summed E-state index contributed by atoms with van der Waals surface area (Å²) in [7, 11) is 0. The molecule has 0 amide bonds. The third kappa shape index (κ3) is 11.9. The predicted molar refractivity (Wildman–Crippen MR) is 101 cm³/mol. The fraction of sp³-hybridized carbons (Fsp3) is 0.947. The Kier molecular flexibility index (Phi) is 11.7. The summed E-state index contributed by atoms with van der Waals surface area (Å²) in [5.74, 6) is -0.0834. The number of aliphatic hydroxyl groups excluding tert-OH is 2. The molecule has 4 atom stereocenters. The molecule has 160 valence electrons. The van der Waals surface area contributed by atoms with E-state index >= 15 is 0 Å². The van der Waals surface area contributed by atoms with Crippen LogP contribution in [0, 0.1) is 5.92 Å². The van der Waals surface area contributed by atoms with Crippen molar-refractivity contribution in [2.45, 2.75) is 101 Å². The second-order valence-corrected chi connectivity index (χ2v) is 8.81. The molecule has 0 bridgehead atoms. The van der Waals surface area contributed by atoms with Crippen LogP contribution in [0.2, 0.25) is 0 Å². The van der Waals surface area contributed by atoms with E-state index in [4.69, 9.17) is 5.11 Å². The average Bonchev–Trinajstić information content (AvgIpc) is 2.92. The smallest absolute Gasteiger partial charge is 0.389 e. The normalized spacial score (nSPS) is 24.3. The molecule has 1 rings (SSSR count). The molecule has 0 saturated heterocycles. The monoisotopic (exact) mass is 414 g/mol. The number of unbranched alkanes of at least 4 members (excludes halogenated alkanes) is 4. The highest BCUT2D eigenvalue weighted by molar-refractivity contribution is 7.99. The van der Waals surface area contributed by atoms with Gasteiger partial charge in [0.05, 0.1) is 12.2 Å². The summed E-state index contributed by atoms with van der Waals surface area (Å²) in [4.78, 5) is 10.5. The molecule has 1 aliphatic carbocycles. The highest BCUT2D eigenvalue weighted by Crippen LogP contribution is 2.39. The predicted octanol–water partition coefficient (Wildman–Crippen LogP) is 4.77. The number of thioether (sulfide) groups is 1. The lowest BCUT2D eigenvalue weighted by atomic mass is 9.97. The minimum atomic E-state index is -4.12. The maximum atomic E-state index is 12.1. The number of aliphatic hydroxyl groups is 2. The third-order valence-electron chi connectivity index (χ3n) is 5.15. The standard InChI is InChI=1S/C19H33F3O4S/c20-19(21,22)12-6-5-7-14(23)13-27-17-11-10-16(24)15(17)8-3-1-2-4-9-18(25)26/h14-17,23-24H,1-13H2,(H,25,26). The van der Waals surface area contributed by atoms with E-state index in [-0.39, 0.29) is 30.1 Å². The minimum absolute atomic E-state index is 0.0534. The van der Waals surface area contributed by atoms with E-state index in [1.54, 1.807) is 11.8 Å². The van der Waals surface area contributed by atoms with Gasteiger partial charge in [-0.1, -0.05) is 25.7 Å². The number of rotatable bonds is 14. The van der Waals surface area contributed by atoms with Gasteiger partial charge in [-0.05, 0) is 44.4 Å². The Morgan fingerprint density at radius 1 is 1.07 bits per heavy atom. The van der Waals surface area contributed by atoms with Crippen LogP contribution >= 0.6 is 11.8 Å². The topological polar surface area (TPSA) is 77.8 Å². The molecule has 0 heterocycles. The van der Waals surface area contributed by atoms with Crippen molar-refractivity contribution < 1.29 is 33.3 Å².